The van der Waals surface area contributed by atoms with Crippen molar-refractivity contribution >= 4 is 28.8 Å². The molecule has 0 fully saturated rings. The number of hydrogen-bond acceptors (Lipinski definition) is 6. The van der Waals surface area contributed by atoms with Crippen LogP contribution in [0.15, 0.2) is 53.2 Å². The molecule has 9 nitrogen and oxygen atoms in total. The number of aromatic carboxylic acids is 1. The number of furan rings is 1. The first-order chi connectivity index (χ1) is 17.3. The summed E-state index contributed by atoms with van der Waals surface area (Å²) < 4.78 is 5.70. The second kappa shape index (κ2) is 9.26. The standard InChI is InChI=1S/C27H24N4O5/c1-14-15(2)36-24-8-3-16(9-20(14)24)12-28-25(32)22-11-23(30-13-29-22)26(33)31-21-7-5-17-10-18(27(34)35)4-6-19(17)21/h3-4,6,8-11,13,21H,5,7,12H2,1-2H3,(H,28,32)(H,31,33)(H,34,35)/t21-/m0/s1. The molecule has 0 unspecified atom stereocenters. The third-order valence-corrected chi connectivity index (χ3v) is 6.60. The highest BCUT2D eigenvalue weighted by atomic mass is 16.4. The second-order valence-corrected chi connectivity index (χ2v) is 8.87. The quantitative estimate of drug-likeness (QED) is 0.378. The number of rotatable bonds is 6. The van der Waals surface area contributed by atoms with Crippen LogP contribution in [0, 0.1) is 13.8 Å². The third-order valence-electron chi connectivity index (χ3n) is 6.60. The number of benzene rings is 2. The van der Waals surface area contributed by atoms with Gasteiger partial charge in [0.25, 0.3) is 11.8 Å². The van der Waals surface area contributed by atoms with Crippen molar-refractivity contribution in [2.75, 3.05) is 0 Å². The highest BCUT2D eigenvalue weighted by molar-refractivity contribution is 5.97. The Morgan fingerprint density at radius 3 is 2.58 bits per heavy atom. The molecular weight excluding hydrogens is 460 g/mol. The van der Waals surface area contributed by atoms with Crippen LogP contribution in [0.4, 0.5) is 0 Å². The third kappa shape index (κ3) is 4.43. The molecule has 0 saturated heterocycles. The summed E-state index contributed by atoms with van der Waals surface area (Å²) in [7, 11) is 0. The van der Waals surface area contributed by atoms with Crippen molar-refractivity contribution in [1.29, 1.82) is 0 Å². The van der Waals surface area contributed by atoms with Crippen LogP contribution in [0.2, 0.25) is 0 Å². The molecule has 2 aromatic heterocycles. The topological polar surface area (TPSA) is 134 Å². The van der Waals surface area contributed by atoms with Crippen molar-refractivity contribution < 1.29 is 23.9 Å². The summed E-state index contributed by atoms with van der Waals surface area (Å²) in [6.45, 7) is 4.20. The molecule has 0 radical (unpaired) electrons. The fourth-order valence-corrected chi connectivity index (χ4v) is 4.51. The number of carboxylic acid groups (broad SMARTS) is 1. The van der Waals surface area contributed by atoms with Crippen LogP contribution in [-0.4, -0.2) is 32.9 Å². The van der Waals surface area contributed by atoms with E-state index in [0.717, 1.165) is 39.0 Å². The Hall–Kier alpha value is -4.53. The molecule has 182 valence electrons. The van der Waals surface area contributed by atoms with E-state index in [9.17, 15) is 19.5 Å². The van der Waals surface area contributed by atoms with Crippen LogP contribution in [0.25, 0.3) is 11.0 Å². The minimum atomic E-state index is -0.982. The molecule has 0 saturated carbocycles. The van der Waals surface area contributed by atoms with Crippen molar-refractivity contribution in [2.45, 2.75) is 39.3 Å². The number of carbonyl (C=O) groups is 3. The van der Waals surface area contributed by atoms with Gasteiger partial charge in [0, 0.05) is 18.0 Å². The molecular formula is C27H24N4O5. The van der Waals surface area contributed by atoms with E-state index in [4.69, 9.17) is 4.42 Å². The van der Waals surface area contributed by atoms with E-state index in [-0.39, 0.29) is 23.0 Å². The number of carboxylic acids is 1. The number of hydrogen-bond donors (Lipinski definition) is 3. The first kappa shape index (κ1) is 23.2. The molecule has 4 aromatic rings. The Bertz CT molecular complexity index is 1520. The van der Waals surface area contributed by atoms with E-state index < -0.39 is 17.8 Å². The van der Waals surface area contributed by atoms with Gasteiger partial charge in [0.15, 0.2) is 0 Å². The highest BCUT2D eigenvalue weighted by Crippen LogP contribution is 2.32. The number of amides is 2. The lowest BCUT2D eigenvalue weighted by Gasteiger charge is -2.14. The number of fused-ring (bicyclic) bond motifs is 2. The number of aryl methyl sites for hydroxylation is 3. The van der Waals surface area contributed by atoms with Gasteiger partial charge >= 0.3 is 5.97 Å². The molecule has 0 spiro atoms. The van der Waals surface area contributed by atoms with Crippen LogP contribution < -0.4 is 10.6 Å². The lowest BCUT2D eigenvalue weighted by Crippen LogP contribution is -2.29. The van der Waals surface area contributed by atoms with E-state index in [1.54, 1.807) is 12.1 Å². The van der Waals surface area contributed by atoms with Crippen molar-refractivity contribution in [3.8, 4) is 0 Å². The molecule has 0 bridgehead atoms. The van der Waals surface area contributed by atoms with Crippen LogP contribution in [0.3, 0.4) is 0 Å². The molecule has 36 heavy (non-hydrogen) atoms. The summed E-state index contributed by atoms with van der Waals surface area (Å²) in [6, 6.07) is 11.8. The van der Waals surface area contributed by atoms with Crippen molar-refractivity contribution in [1.82, 2.24) is 20.6 Å². The second-order valence-electron chi connectivity index (χ2n) is 8.87. The number of carbonyl (C=O) groups excluding carboxylic acids is 2. The maximum Gasteiger partial charge on any atom is 0.335 e. The summed E-state index contributed by atoms with van der Waals surface area (Å²) in [4.78, 5) is 44.8. The number of nitrogens with one attached hydrogen (secondary N) is 2. The fourth-order valence-electron chi connectivity index (χ4n) is 4.51. The molecule has 5 rings (SSSR count). The Labute approximate surface area is 206 Å². The maximum absolute atomic E-state index is 12.9. The molecule has 2 heterocycles. The molecule has 1 aliphatic rings. The average Bonchev–Trinajstić information content (AvgIpc) is 3.41. The summed E-state index contributed by atoms with van der Waals surface area (Å²) >= 11 is 0. The van der Waals surface area contributed by atoms with E-state index in [2.05, 4.69) is 20.6 Å². The normalized spacial score (nSPS) is 14.4. The van der Waals surface area contributed by atoms with Gasteiger partial charge in [-0.1, -0.05) is 12.1 Å². The SMILES string of the molecule is Cc1oc2ccc(CNC(=O)c3cc(C(=O)N[C@H]4CCc5cc(C(=O)O)ccc54)ncn3)cc2c1C. The number of nitrogens with zero attached hydrogens (tertiary/aromatic N) is 2. The molecule has 9 heteroatoms. The lowest BCUT2D eigenvalue weighted by molar-refractivity contribution is 0.0696. The zero-order chi connectivity index (χ0) is 25.4. The molecule has 2 aromatic carbocycles. The van der Waals surface area contributed by atoms with E-state index >= 15 is 0 Å². The van der Waals surface area contributed by atoms with E-state index in [0.29, 0.717) is 19.4 Å². The van der Waals surface area contributed by atoms with Crippen LogP contribution in [-0.2, 0) is 13.0 Å². The molecule has 2 amide bonds. The summed E-state index contributed by atoms with van der Waals surface area (Å²) in [5, 5.41) is 16.0. The first-order valence-electron chi connectivity index (χ1n) is 11.6. The predicted molar refractivity (Wildman–Crippen MR) is 131 cm³/mol. The van der Waals surface area contributed by atoms with Gasteiger partial charge in [-0.3, -0.25) is 9.59 Å². The monoisotopic (exact) mass is 484 g/mol. The van der Waals surface area contributed by atoms with Gasteiger partial charge in [0.1, 0.15) is 29.1 Å². The van der Waals surface area contributed by atoms with E-state index in [1.807, 2.05) is 32.0 Å². The van der Waals surface area contributed by atoms with Crippen molar-refractivity contribution in [3.63, 3.8) is 0 Å². The fraction of sp³-hybridized carbons (Fsp3) is 0.222. The Kier molecular flexibility index (Phi) is 5.97. The number of aromatic nitrogens is 2. The maximum atomic E-state index is 12.9. The Morgan fingerprint density at radius 2 is 1.81 bits per heavy atom. The zero-order valence-electron chi connectivity index (χ0n) is 19.8. The predicted octanol–water partition coefficient (Wildman–Crippen LogP) is 3.89. The van der Waals surface area contributed by atoms with Gasteiger partial charge in [-0.15, -0.1) is 0 Å². The minimum absolute atomic E-state index is 0.0803. The van der Waals surface area contributed by atoms with Gasteiger partial charge in [-0.2, -0.15) is 0 Å². The van der Waals surface area contributed by atoms with Gasteiger partial charge in [-0.05, 0) is 73.2 Å². The van der Waals surface area contributed by atoms with E-state index in [1.165, 1.54) is 18.5 Å². The lowest BCUT2D eigenvalue weighted by atomic mass is 10.0. The van der Waals surface area contributed by atoms with Crippen LogP contribution in [0.5, 0.6) is 0 Å². The Morgan fingerprint density at radius 1 is 1.03 bits per heavy atom. The summed E-state index contributed by atoms with van der Waals surface area (Å²) in [6.07, 6.45) is 2.51. The molecule has 1 aliphatic carbocycles. The highest BCUT2D eigenvalue weighted by Gasteiger charge is 2.26. The largest absolute Gasteiger partial charge is 0.478 e. The van der Waals surface area contributed by atoms with Crippen LogP contribution in [0.1, 0.15) is 71.8 Å². The smallest absolute Gasteiger partial charge is 0.335 e. The average molecular weight is 485 g/mol. The zero-order valence-corrected chi connectivity index (χ0v) is 19.8. The molecule has 3 N–H and O–H groups in total. The minimum Gasteiger partial charge on any atom is -0.478 e. The van der Waals surface area contributed by atoms with Gasteiger partial charge in [-0.25, -0.2) is 14.8 Å². The van der Waals surface area contributed by atoms with Crippen LogP contribution >= 0.6 is 0 Å². The van der Waals surface area contributed by atoms with Gasteiger partial charge in [0.05, 0.1) is 11.6 Å². The first-order valence-corrected chi connectivity index (χ1v) is 11.6. The van der Waals surface area contributed by atoms with Crippen molar-refractivity contribution in [3.05, 3.63) is 93.8 Å². The van der Waals surface area contributed by atoms with Crippen molar-refractivity contribution in [2.24, 2.45) is 0 Å². The molecule has 1 atom stereocenters. The Balaban J connectivity index is 1.25. The summed E-state index contributed by atoms with van der Waals surface area (Å²) in [5.41, 5.74) is 4.97. The van der Waals surface area contributed by atoms with Gasteiger partial charge in [0.2, 0.25) is 0 Å². The summed E-state index contributed by atoms with van der Waals surface area (Å²) in [5.74, 6) is -0.963. The van der Waals surface area contributed by atoms with Gasteiger partial charge < -0.3 is 20.2 Å². The molecule has 0 aliphatic heterocycles.